The maximum atomic E-state index is 13.3. The Balaban J connectivity index is 1.90. The monoisotopic (exact) mass is 334 g/mol. The van der Waals surface area contributed by atoms with Gasteiger partial charge >= 0.3 is 0 Å². The molecule has 0 radical (unpaired) electrons. The van der Waals surface area contributed by atoms with Crippen LogP contribution in [0.2, 0.25) is 0 Å². The molecule has 0 unspecified atom stereocenters. The molecule has 102 valence electrons. The van der Waals surface area contributed by atoms with Crippen molar-refractivity contribution in [3.8, 4) is 0 Å². The summed E-state index contributed by atoms with van der Waals surface area (Å²) in [4.78, 5) is 4.17. The molecule has 0 atom stereocenters. The molecule has 0 aliphatic heterocycles. The summed E-state index contributed by atoms with van der Waals surface area (Å²) in [5.41, 5.74) is 2.72. The summed E-state index contributed by atoms with van der Waals surface area (Å²) in [6, 6.07) is 8.57. The molecule has 3 rings (SSSR count). The summed E-state index contributed by atoms with van der Waals surface area (Å²) < 4.78 is 15.9. The van der Waals surface area contributed by atoms with Crippen molar-refractivity contribution >= 4 is 27.4 Å². The van der Waals surface area contributed by atoms with Crippen molar-refractivity contribution in [3.63, 3.8) is 0 Å². The number of nitrogens with one attached hydrogen (secondary N) is 1. The van der Waals surface area contributed by atoms with E-state index in [9.17, 15) is 4.39 Å². The fourth-order valence-electron chi connectivity index (χ4n) is 2.05. The van der Waals surface area contributed by atoms with Crippen molar-refractivity contribution in [1.29, 1.82) is 0 Å². The number of nitrogens with zero attached hydrogens (tertiary/aromatic N) is 3. The van der Waals surface area contributed by atoms with E-state index in [-0.39, 0.29) is 5.82 Å². The molecule has 6 heteroatoms. The van der Waals surface area contributed by atoms with Crippen LogP contribution in [0.5, 0.6) is 0 Å². The standard InChI is InChI=1S/C14H12BrFN4/c1-9-4-13(20-14(5-9)18-8-19-20)17-7-10-6-11(16)2-3-12(10)15/h2-6,8,17H,7H2,1H3. The topological polar surface area (TPSA) is 42.2 Å². The van der Waals surface area contributed by atoms with Crippen LogP contribution in [0, 0.1) is 12.7 Å². The highest BCUT2D eigenvalue weighted by molar-refractivity contribution is 9.10. The first kappa shape index (κ1) is 13.1. The second-order valence-corrected chi connectivity index (χ2v) is 5.39. The van der Waals surface area contributed by atoms with Gasteiger partial charge in [-0.1, -0.05) is 15.9 Å². The highest BCUT2D eigenvalue weighted by Crippen LogP contribution is 2.20. The summed E-state index contributed by atoms with van der Waals surface area (Å²) in [5.74, 6) is 0.578. The molecular weight excluding hydrogens is 323 g/mol. The Hall–Kier alpha value is -1.95. The van der Waals surface area contributed by atoms with Crippen LogP contribution in [0.4, 0.5) is 10.2 Å². The number of fused-ring (bicyclic) bond motifs is 1. The summed E-state index contributed by atoms with van der Waals surface area (Å²) in [7, 11) is 0. The van der Waals surface area contributed by atoms with E-state index in [0.29, 0.717) is 6.54 Å². The lowest BCUT2D eigenvalue weighted by atomic mass is 10.2. The number of anilines is 1. The van der Waals surface area contributed by atoms with E-state index in [4.69, 9.17) is 0 Å². The maximum Gasteiger partial charge on any atom is 0.157 e. The lowest BCUT2D eigenvalue weighted by Gasteiger charge is -2.10. The van der Waals surface area contributed by atoms with E-state index in [1.807, 2.05) is 19.1 Å². The highest BCUT2D eigenvalue weighted by atomic mass is 79.9. The average molecular weight is 335 g/mol. The van der Waals surface area contributed by atoms with Crippen molar-refractivity contribution in [3.05, 3.63) is 58.1 Å². The number of benzene rings is 1. The number of aryl methyl sites for hydroxylation is 1. The second kappa shape index (κ2) is 5.20. The molecule has 0 bridgehead atoms. The molecule has 20 heavy (non-hydrogen) atoms. The van der Waals surface area contributed by atoms with E-state index in [1.54, 1.807) is 10.6 Å². The largest absolute Gasteiger partial charge is 0.366 e. The Morgan fingerprint density at radius 3 is 3.00 bits per heavy atom. The third kappa shape index (κ3) is 2.51. The SMILES string of the molecule is Cc1cc(NCc2cc(F)ccc2Br)n2ncnc2c1. The van der Waals surface area contributed by atoms with Crippen LogP contribution >= 0.6 is 15.9 Å². The quantitative estimate of drug-likeness (QED) is 0.796. The lowest BCUT2D eigenvalue weighted by molar-refractivity contribution is 0.625. The van der Waals surface area contributed by atoms with Gasteiger partial charge in [-0.15, -0.1) is 0 Å². The third-order valence-electron chi connectivity index (χ3n) is 2.99. The normalized spacial score (nSPS) is 10.9. The number of rotatable bonds is 3. The second-order valence-electron chi connectivity index (χ2n) is 4.54. The molecule has 0 saturated heterocycles. The van der Waals surface area contributed by atoms with Crippen LogP contribution < -0.4 is 5.32 Å². The van der Waals surface area contributed by atoms with Crippen molar-refractivity contribution in [2.75, 3.05) is 5.32 Å². The predicted octanol–water partition coefficient (Wildman–Crippen LogP) is 3.55. The summed E-state index contributed by atoms with van der Waals surface area (Å²) >= 11 is 3.42. The van der Waals surface area contributed by atoms with Crippen LogP contribution in [0.3, 0.4) is 0 Å². The van der Waals surface area contributed by atoms with Crippen molar-refractivity contribution in [2.24, 2.45) is 0 Å². The lowest BCUT2D eigenvalue weighted by Crippen LogP contribution is -2.06. The van der Waals surface area contributed by atoms with Gasteiger partial charge in [0.25, 0.3) is 0 Å². The first-order valence-corrected chi connectivity index (χ1v) is 6.91. The molecule has 4 nitrogen and oxygen atoms in total. The third-order valence-corrected chi connectivity index (χ3v) is 3.76. The van der Waals surface area contributed by atoms with Gasteiger partial charge in [0.05, 0.1) is 0 Å². The van der Waals surface area contributed by atoms with Gasteiger partial charge in [-0.3, -0.25) is 0 Å². The van der Waals surface area contributed by atoms with Crippen LogP contribution in [0.1, 0.15) is 11.1 Å². The zero-order valence-electron chi connectivity index (χ0n) is 10.8. The minimum Gasteiger partial charge on any atom is -0.366 e. The van der Waals surface area contributed by atoms with Crippen molar-refractivity contribution < 1.29 is 4.39 Å². The smallest absolute Gasteiger partial charge is 0.157 e. The minimum atomic E-state index is -0.250. The molecule has 1 aromatic carbocycles. The van der Waals surface area contributed by atoms with E-state index in [2.05, 4.69) is 31.3 Å². The van der Waals surface area contributed by atoms with Crippen molar-refractivity contribution in [1.82, 2.24) is 14.6 Å². The Kier molecular flexibility index (Phi) is 3.40. The first-order valence-electron chi connectivity index (χ1n) is 6.12. The van der Waals surface area contributed by atoms with Crippen LogP contribution in [-0.4, -0.2) is 14.6 Å². The average Bonchev–Trinajstić information content (AvgIpc) is 2.87. The first-order chi connectivity index (χ1) is 9.63. The van der Waals surface area contributed by atoms with Gasteiger partial charge in [-0.2, -0.15) is 9.61 Å². The number of hydrogen-bond donors (Lipinski definition) is 1. The predicted molar refractivity (Wildman–Crippen MR) is 79.2 cm³/mol. The molecule has 0 aliphatic rings. The van der Waals surface area contributed by atoms with Gasteiger partial charge in [0, 0.05) is 11.0 Å². The molecule has 0 saturated carbocycles. The fraction of sp³-hybridized carbons (Fsp3) is 0.143. The molecule has 0 amide bonds. The van der Waals surface area contributed by atoms with E-state index in [1.165, 1.54) is 18.5 Å². The Bertz CT molecular complexity index is 769. The fourth-order valence-corrected chi connectivity index (χ4v) is 2.43. The van der Waals surface area contributed by atoms with E-state index in [0.717, 1.165) is 27.1 Å². The van der Waals surface area contributed by atoms with E-state index >= 15 is 0 Å². The van der Waals surface area contributed by atoms with Gasteiger partial charge in [-0.05, 0) is 48.4 Å². The highest BCUT2D eigenvalue weighted by Gasteiger charge is 2.06. The summed E-state index contributed by atoms with van der Waals surface area (Å²) in [6.45, 7) is 2.49. The van der Waals surface area contributed by atoms with Gasteiger partial charge in [0.1, 0.15) is 18.0 Å². The summed E-state index contributed by atoms with van der Waals surface area (Å²) in [6.07, 6.45) is 1.51. The number of halogens is 2. The molecular formula is C14H12BrFN4. The van der Waals surface area contributed by atoms with Crippen LogP contribution in [0.15, 0.2) is 41.1 Å². The van der Waals surface area contributed by atoms with Crippen LogP contribution in [-0.2, 0) is 6.54 Å². The Morgan fingerprint density at radius 1 is 1.30 bits per heavy atom. The molecule has 0 fully saturated rings. The van der Waals surface area contributed by atoms with Gasteiger partial charge in [-0.25, -0.2) is 9.37 Å². The van der Waals surface area contributed by atoms with E-state index < -0.39 is 0 Å². The summed E-state index contributed by atoms with van der Waals surface area (Å²) in [5, 5.41) is 7.43. The van der Waals surface area contributed by atoms with Gasteiger partial charge in [0.2, 0.25) is 0 Å². The maximum absolute atomic E-state index is 13.3. The van der Waals surface area contributed by atoms with Gasteiger partial charge < -0.3 is 5.32 Å². The molecule has 1 N–H and O–H groups in total. The zero-order valence-corrected chi connectivity index (χ0v) is 12.4. The van der Waals surface area contributed by atoms with Crippen molar-refractivity contribution in [2.45, 2.75) is 13.5 Å². The Morgan fingerprint density at radius 2 is 2.15 bits per heavy atom. The molecule has 2 heterocycles. The van der Waals surface area contributed by atoms with Gasteiger partial charge in [0.15, 0.2) is 5.65 Å². The minimum absolute atomic E-state index is 0.250. The van der Waals surface area contributed by atoms with Crippen LogP contribution in [0.25, 0.3) is 5.65 Å². The molecule has 0 spiro atoms. The molecule has 2 aromatic heterocycles. The molecule has 3 aromatic rings. The zero-order chi connectivity index (χ0) is 14.1. The molecule has 0 aliphatic carbocycles. The number of hydrogen-bond acceptors (Lipinski definition) is 3. The Labute approximate surface area is 123 Å². The number of aromatic nitrogens is 3. The number of pyridine rings is 1.